The van der Waals surface area contributed by atoms with Crippen LogP contribution in [-0.4, -0.2) is 36.3 Å². The maximum atomic E-state index is 9.45. The van der Waals surface area contributed by atoms with E-state index in [0.29, 0.717) is 6.61 Å². The molecule has 16 heavy (non-hydrogen) atoms. The van der Waals surface area contributed by atoms with Gasteiger partial charge in [0.05, 0.1) is 12.7 Å². The van der Waals surface area contributed by atoms with Crippen molar-refractivity contribution in [3.05, 3.63) is 35.4 Å². The maximum absolute atomic E-state index is 9.45. The zero-order chi connectivity index (χ0) is 11.4. The van der Waals surface area contributed by atoms with E-state index in [4.69, 9.17) is 4.74 Å². The second-order valence-electron chi connectivity index (χ2n) is 4.43. The summed E-state index contributed by atoms with van der Waals surface area (Å²) >= 11 is 0. The van der Waals surface area contributed by atoms with Crippen molar-refractivity contribution in [1.29, 1.82) is 0 Å². The van der Waals surface area contributed by atoms with Crippen LogP contribution in [0.25, 0.3) is 0 Å². The minimum atomic E-state index is -0.137. The number of nitrogens with zero attached hydrogens (tertiary/aromatic N) is 1. The Hall–Kier alpha value is -0.900. The van der Waals surface area contributed by atoms with Crippen molar-refractivity contribution >= 4 is 0 Å². The van der Waals surface area contributed by atoms with Gasteiger partial charge in [-0.05, 0) is 17.5 Å². The van der Waals surface area contributed by atoms with E-state index in [2.05, 4.69) is 29.2 Å². The lowest BCUT2D eigenvalue weighted by molar-refractivity contribution is 0.174. The molecule has 1 saturated heterocycles. The summed E-state index contributed by atoms with van der Waals surface area (Å²) in [6.45, 7) is 3.38. The number of rotatable bonds is 4. The minimum absolute atomic E-state index is 0.137. The molecule has 0 bridgehead atoms. The number of methoxy groups -OCH3 is 1. The van der Waals surface area contributed by atoms with Gasteiger partial charge in [0.1, 0.15) is 0 Å². The third-order valence-electron chi connectivity index (χ3n) is 2.96. The van der Waals surface area contributed by atoms with Crippen LogP contribution < -0.4 is 0 Å². The molecule has 3 nitrogen and oxygen atoms in total. The van der Waals surface area contributed by atoms with E-state index in [0.717, 1.165) is 26.1 Å². The van der Waals surface area contributed by atoms with Gasteiger partial charge in [-0.2, -0.15) is 0 Å². The molecule has 0 spiro atoms. The molecule has 88 valence electrons. The van der Waals surface area contributed by atoms with E-state index < -0.39 is 0 Å². The number of benzene rings is 1. The lowest BCUT2D eigenvalue weighted by Gasteiger charge is -2.15. The molecule has 0 saturated carbocycles. The van der Waals surface area contributed by atoms with Crippen LogP contribution in [-0.2, 0) is 17.9 Å². The zero-order valence-corrected chi connectivity index (χ0v) is 9.72. The lowest BCUT2D eigenvalue weighted by atomic mass is 10.1. The number of hydrogen-bond donors (Lipinski definition) is 1. The van der Waals surface area contributed by atoms with E-state index in [1.165, 1.54) is 11.1 Å². The third kappa shape index (κ3) is 3.04. The van der Waals surface area contributed by atoms with Gasteiger partial charge in [-0.25, -0.2) is 0 Å². The van der Waals surface area contributed by atoms with E-state index in [1.807, 2.05) is 0 Å². The smallest absolute Gasteiger partial charge is 0.0713 e. The molecule has 1 aliphatic heterocycles. The third-order valence-corrected chi connectivity index (χ3v) is 2.96. The summed E-state index contributed by atoms with van der Waals surface area (Å²) in [5.74, 6) is 0. The first-order chi connectivity index (χ1) is 7.78. The molecule has 3 heteroatoms. The molecular weight excluding hydrogens is 202 g/mol. The van der Waals surface area contributed by atoms with Crippen LogP contribution in [0.4, 0.5) is 0 Å². The molecule has 1 aromatic carbocycles. The Kier molecular flexibility index (Phi) is 3.93. The summed E-state index contributed by atoms with van der Waals surface area (Å²) < 4.78 is 5.12. The highest BCUT2D eigenvalue weighted by Gasteiger charge is 2.19. The summed E-state index contributed by atoms with van der Waals surface area (Å²) in [5, 5.41) is 9.45. The van der Waals surface area contributed by atoms with Crippen molar-refractivity contribution in [2.24, 2.45) is 0 Å². The van der Waals surface area contributed by atoms with Crippen molar-refractivity contribution in [3.8, 4) is 0 Å². The second kappa shape index (κ2) is 5.43. The Balaban J connectivity index is 1.95. The zero-order valence-electron chi connectivity index (χ0n) is 9.72. The normalized spacial score (nSPS) is 21.5. The first kappa shape index (κ1) is 11.6. The Morgan fingerprint density at radius 2 is 2.25 bits per heavy atom. The van der Waals surface area contributed by atoms with Gasteiger partial charge in [0, 0.05) is 26.7 Å². The van der Waals surface area contributed by atoms with Gasteiger partial charge in [0.25, 0.3) is 0 Å². The molecule has 0 amide bonds. The predicted molar refractivity (Wildman–Crippen MR) is 63.1 cm³/mol. The van der Waals surface area contributed by atoms with Crippen LogP contribution in [0.2, 0.25) is 0 Å². The quantitative estimate of drug-likeness (QED) is 0.834. The average molecular weight is 221 g/mol. The molecule has 1 atom stereocenters. The molecule has 1 fully saturated rings. The van der Waals surface area contributed by atoms with E-state index in [9.17, 15) is 5.11 Å². The van der Waals surface area contributed by atoms with Crippen molar-refractivity contribution in [3.63, 3.8) is 0 Å². The number of β-amino-alcohol motifs (C(OH)–C–C–N with tert-alkyl or cyclic N) is 1. The Labute approximate surface area is 96.6 Å². The fourth-order valence-corrected chi connectivity index (χ4v) is 2.20. The second-order valence-corrected chi connectivity index (χ2v) is 4.43. The van der Waals surface area contributed by atoms with Gasteiger partial charge in [-0.15, -0.1) is 0 Å². The average Bonchev–Trinajstić information content (AvgIpc) is 2.65. The number of aliphatic hydroxyl groups is 1. The van der Waals surface area contributed by atoms with Crippen LogP contribution in [0, 0.1) is 0 Å². The summed E-state index contributed by atoms with van der Waals surface area (Å²) in [7, 11) is 1.71. The summed E-state index contributed by atoms with van der Waals surface area (Å²) in [6.07, 6.45) is 0.764. The summed E-state index contributed by atoms with van der Waals surface area (Å²) in [5.41, 5.74) is 2.50. The van der Waals surface area contributed by atoms with E-state index in [1.54, 1.807) is 7.11 Å². The molecule has 1 aromatic rings. The van der Waals surface area contributed by atoms with Crippen molar-refractivity contribution in [1.82, 2.24) is 4.90 Å². The van der Waals surface area contributed by atoms with Gasteiger partial charge in [-0.3, -0.25) is 4.90 Å². The number of likely N-dealkylation sites (tertiary alicyclic amines) is 1. The molecule has 1 heterocycles. The molecule has 0 radical (unpaired) electrons. The highest BCUT2D eigenvalue weighted by atomic mass is 16.5. The van der Waals surface area contributed by atoms with Crippen molar-refractivity contribution in [2.75, 3.05) is 20.2 Å². The van der Waals surface area contributed by atoms with Gasteiger partial charge in [-0.1, -0.05) is 24.3 Å². The van der Waals surface area contributed by atoms with Crippen molar-refractivity contribution < 1.29 is 9.84 Å². The number of aliphatic hydroxyl groups excluding tert-OH is 1. The predicted octanol–water partition coefficient (Wildman–Crippen LogP) is 1.40. The minimum Gasteiger partial charge on any atom is -0.392 e. The molecule has 1 aliphatic rings. The van der Waals surface area contributed by atoms with E-state index in [-0.39, 0.29) is 6.10 Å². The Morgan fingerprint density at radius 1 is 1.44 bits per heavy atom. The first-order valence-corrected chi connectivity index (χ1v) is 5.75. The summed E-state index contributed by atoms with van der Waals surface area (Å²) in [6, 6.07) is 8.44. The molecule has 1 N–H and O–H groups in total. The fraction of sp³-hybridized carbons (Fsp3) is 0.538. The highest BCUT2D eigenvalue weighted by Crippen LogP contribution is 2.14. The maximum Gasteiger partial charge on any atom is 0.0713 e. The van der Waals surface area contributed by atoms with Crippen LogP contribution in [0.3, 0.4) is 0 Å². The van der Waals surface area contributed by atoms with Gasteiger partial charge >= 0.3 is 0 Å². The largest absolute Gasteiger partial charge is 0.392 e. The number of hydrogen-bond acceptors (Lipinski definition) is 3. The molecule has 2 rings (SSSR count). The van der Waals surface area contributed by atoms with Crippen LogP contribution in [0.1, 0.15) is 17.5 Å². The summed E-state index contributed by atoms with van der Waals surface area (Å²) in [4.78, 5) is 2.29. The number of ether oxygens (including phenoxy) is 1. The monoisotopic (exact) mass is 221 g/mol. The molecule has 0 aliphatic carbocycles. The van der Waals surface area contributed by atoms with Crippen LogP contribution >= 0.6 is 0 Å². The molecule has 0 aromatic heterocycles. The molecular formula is C13H19NO2. The highest BCUT2D eigenvalue weighted by molar-refractivity contribution is 5.23. The van der Waals surface area contributed by atoms with Crippen LogP contribution in [0.5, 0.6) is 0 Å². The van der Waals surface area contributed by atoms with Gasteiger partial charge in [0.2, 0.25) is 0 Å². The standard InChI is InChI=1S/C13H19NO2/c1-16-10-12-4-2-3-11(7-12)8-14-6-5-13(15)9-14/h2-4,7,13,15H,5-6,8-10H2,1H3/t13-/m0/s1. The topological polar surface area (TPSA) is 32.7 Å². The van der Waals surface area contributed by atoms with Gasteiger partial charge < -0.3 is 9.84 Å². The Morgan fingerprint density at radius 3 is 2.94 bits per heavy atom. The fourth-order valence-electron chi connectivity index (χ4n) is 2.20. The van der Waals surface area contributed by atoms with Crippen molar-refractivity contribution in [2.45, 2.75) is 25.7 Å². The van der Waals surface area contributed by atoms with Gasteiger partial charge in [0.15, 0.2) is 0 Å². The first-order valence-electron chi connectivity index (χ1n) is 5.75. The SMILES string of the molecule is COCc1cccc(CN2CC[C@H](O)C2)c1. The van der Waals surface area contributed by atoms with Crippen LogP contribution in [0.15, 0.2) is 24.3 Å². The van der Waals surface area contributed by atoms with E-state index >= 15 is 0 Å². The Bertz CT molecular complexity index is 340. The lowest BCUT2D eigenvalue weighted by Crippen LogP contribution is -2.21. The molecule has 0 unspecified atom stereocenters.